The first kappa shape index (κ1) is 9.90. The molecule has 1 heterocycles. The summed E-state index contributed by atoms with van der Waals surface area (Å²) >= 11 is 0. The minimum atomic E-state index is 0.339. The van der Waals surface area contributed by atoms with E-state index in [4.69, 9.17) is 4.42 Å². The van der Waals surface area contributed by atoms with Crippen molar-refractivity contribution in [3.63, 3.8) is 0 Å². The fraction of sp³-hybridized carbons (Fsp3) is 0.0714. The van der Waals surface area contributed by atoms with Crippen molar-refractivity contribution in [3.05, 3.63) is 59.3 Å². The van der Waals surface area contributed by atoms with Gasteiger partial charge in [0.25, 0.3) is 5.52 Å². The molecule has 0 atom stereocenters. The van der Waals surface area contributed by atoms with Crippen molar-refractivity contribution >= 4 is 11.1 Å². The highest BCUT2D eigenvalue weighted by atomic mass is 16.5. The molecule has 0 aliphatic rings. The van der Waals surface area contributed by atoms with Gasteiger partial charge in [0.05, 0.1) is 5.56 Å². The first-order chi connectivity index (χ1) is 8.25. The van der Waals surface area contributed by atoms with Gasteiger partial charge in [-0.05, 0) is 25.1 Å². The molecule has 0 saturated carbocycles. The number of aromatic nitrogens is 1. The lowest BCUT2D eigenvalue weighted by Gasteiger charge is -1.97. The number of oxazole rings is 1. The highest BCUT2D eigenvalue weighted by Crippen LogP contribution is 2.22. The van der Waals surface area contributed by atoms with Crippen molar-refractivity contribution in [2.24, 2.45) is 0 Å². The molecule has 3 rings (SSSR count). The zero-order valence-corrected chi connectivity index (χ0v) is 9.38. The van der Waals surface area contributed by atoms with E-state index >= 15 is 0 Å². The molecule has 0 bridgehead atoms. The normalized spacial score (nSPS) is 10.9. The quantitative estimate of drug-likeness (QED) is 0.471. The average Bonchev–Trinajstić information content (AvgIpc) is 2.69. The van der Waals surface area contributed by atoms with Gasteiger partial charge >= 0.3 is 5.89 Å². The summed E-state index contributed by atoms with van der Waals surface area (Å²) in [5, 5.41) is 12.0. The second-order valence-electron chi connectivity index (χ2n) is 4.04. The van der Waals surface area contributed by atoms with Crippen LogP contribution in [0.4, 0.5) is 0 Å². The Labute approximate surface area is 98.5 Å². The van der Waals surface area contributed by atoms with Gasteiger partial charge in [0, 0.05) is 6.07 Å². The van der Waals surface area contributed by atoms with Gasteiger partial charge < -0.3 is 9.62 Å². The number of hydrogen-bond acceptors (Lipinski definition) is 2. The van der Waals surface area contributed by atoms with E-state index in [0.29, 0.717) is 17.0 Å². The molecule has 0 N–H and O–H groups in total. The van der Waals surface area contributed by atoms with Gasteiger partial charge in [-0.25, -0.2) is 0 Å². The Morgan fingerprint density at radius 2 is 1.71 bits per heavy atom. The van der Waals surface area contributed by atoms with Gasteiger partial charge in [-0.1, -0.05) is 29.8 Å². The van der Waals surface area contributed by atoms with Crippen molar-refractivity contribution in [3.8, 4) is 11.5 Å². The van der Waals surface area contributed by atoms with E-state index in [9.17, 15) is 5.21 Å². The van der Waals surface area contributed by atoms with E-state index in [1.807, 2.05) is 43.3 Å². The zero-order valence-electron chi connectivity index (χ0n) is 9.38. The Balaban J connectivity index is 2.24. The molecule has 0 amide bonds. The standard InChI is InChI=1S/C14H11NO2/c1-10-6-8-11(9-7-10)14-15(16)12-4-2-3-5-13(12)17-14/h2-9H,1H3. The van der Waals surface area contributed by atoms with Crippen LogP contribution in [0.1, 0.15) is 5.56 Å². The van der Waals surface area contributed by atoms with E-state index < -0.39 is 0 Å². The van der Waals surface area contributed by atoms with Crippen LogP contribution in [-0.4, -0.2) is 0 Å². The van der Waals surface area contributed by atoms with Crippen molar-refractivity contribution in [1.29, 1.82) is 0 Å². The van der Waals surface area contributed by atoms with Gasteiger partial charge in [0.15, 0.2) is 0 Å². The van der Waals surface area contributed by atoms with Crippen molar-refractivity contribution in [1.82, 2.24) is 0 Å². The lowest BCUT2D eigenvalue weighted by atomic mass is 10.1. The van der Waals surface area contributed by atoms with E-state index in [1.54, 1.807) is 12.1 Å². The predicted molar refractivity (Wildman–Crippen MR) is 65.3 cm³/mol. The van der Waals surface area contributed by atoms with Crippen LogP contribution in [0.25, 0.3) is 22.6 Å². The summed E-state index contributed by atoms with van der Waals surface area (Å²) in [6.07, 6.45) is 0. The molecule has 3 nitrogen and oxygen atoms in total. The Kier molecular flexibility index (Phi) is 2.11. The SMILES string of the molecule is Cc1ccc(-c2oc3ccccc3[n+]2[O-])cc1. The van der Waals surface area contributed by atoms with Gasteiger partial charge in [-0.15, -0.1) is 4.73 Å². The first-order valence-corrected chi connectivity index (χ1v) is 5.44. The average molecular weight is 225 g/mol. The second-order valence-corrected chi connectivity index (χ2v) is 4.04. The third-order valence-electron chi connectivity index (χ3n) is 2.77. The van der Waals surface area contributed by atoms with Crippen LogP contribution >= 0.6 is 0 Å². The lowest BCUT2D eigenvalue weighted by molar-refractivity contribution is -0.569. The number of rotatable bonds is 1. The van der Waals surface area contributed by atoms with Crippen LogP contribution in [0.2, 0.25) is 0 Å². The van der Waals surface area contributed by atoms with Crippen LogP contribution in [0, 0.1) is 12.1 Å². The smallest absolute Gasteiger partial charge is 0.393 e. The number of benzene rings is 2. The predicted octanol–water partition coefficient (Wildman–Crippen LogP) is 3.04. The highest BCUT2D eigenvalue weighted by Gasteiger charge is 2.18. The monoisotopic (exact) mass is 225 g/mol. The summed E-state index contributed by atoms with van der Waals surface area (Å²) in [6.45, 7) is 2.01. The summed E-state index contributed by atoms with van der Waals surface area (Å²) < 4.78 is 6.41. The molecule has 0 spiro atoms. The third-order valence-corrected chi connectivity index (χ3v) is 2.77. The van der Waals surface area contributed by atoms with Gasteiger partial charge in [-0.2, -0.15) is 0 Å². The van der Waals surface area contributed by atoms with Crippen LogP contribution in [-0.2, 0) is 0 Å². The molecule has 0 aliphatic carbocycles. The second kappa shape index (κ2) is 3.63. The van der Waals surface area contributed by atoms with Gasteiger partial charge in [-0.3, -0.25) is 0 Å². The molecule has 0 aliphatic heterocycles. The highest BCUT2D eigenvalue weighted by molar-refractivity contribution is 5.71. The molecular formula is C14H11NO2. The Morgan fingerprint density at radius 1 is 1.00 bits per heavy atom. The molecule has 3 heteroatoms. The summed E-state index contributed by atoms with van der Waals surface area (Å²) in [5.41, 5.74) is 3.12. The van der Waals surface area contributed by atoms with Crippen molar-refractivity contribution < 1.29 is 9.15 Å². The maximum Gasteiger partial charge on any atom is 0.393 e. The minimum Gasteiger partial charge on any atom is -0.615 e. The topological polar surface area (TPSA) is 40.1 Å². The summed E-state index contributed by atoms with van der Waals surface area (Å²) in [5.74, 6) is 0.339. The van der Waals surface area contributed by atoms with Crippen LogP contribution < -0.4 is 4.73 Å². The molecule has 17 heavy (non-hydrogen) atoms. The Hall–Kier alpha value is -2.29. The fourth-order valence-electron chi connectivity index (χ4n) is 1.84. The van der Waals surface area contributed by atoms with E-state index in [1.165, 1.54) is 0 Å². The Bertz CT molecular complexity index is 668. The lowest BCUT2D eigenvalue weighted by Crippen LogP contribution is -2.26. The van der Waals surface area contributed by atoms with E-state index in [0.717, 1.165) is 15.9 Å². The number of aryl methyl sites for hydroxylation is 1. The van der Waals surface area contributed by atoms with Crippen molar-refractivity contribution in [2.45, 2.75) is 6.92 Å². The molecular weight excluding hydrogens is 214 g/mol. The fourth-order valence-corrected chi connectivity index (χ4v) is 1.84. The molecule has 3 aromatic rings. The third kappa shape index (κ3) is 1.56. The molecule has 0 saturated heterocycles. The van der Waals surface area contributed by atoms with Crippen LogP contribution in [0.3, 0.4) is 0 Å². The summed E-state index contributed by atoms with van der Waals surface area (Å²) in [7, 11) is 0. The maximum atomic E-state index is 12.0. The van der Waals surface area contributed by atoms with Crippen LogP contribution in [0.5, 0.6) is 0 Å². The summed E-state index contributed by atoms with van der Waals surface area (Å²) in [4.78, 5) is 0. The van der Waals surface area contributed by atoms with Gasteiger partial charge in [0.2, 0.25) is 5.58 Å². The van der Waals surface area contributed by atoms with E-state index in [-0.39, 0.29) is 0 Å². The number of para-hydroxylation sites is 2. The molecule has 2 aromatic carbocycles. The molecule has 1 aromatic heterocycles. The zero-order chi connectivity index (χ0) is 11.8. The molecule has 0 unspecified atom stereocenters. The largest absolute Gasteiger partial charge is 0.615 e. The number of hydrogen-bond donors (Lipinski definition) is 0. The Morgan fingerprint density at radius 3 is 2.41 bits per heavy atom. The molecule has 0 radical (unpaired) electrons. The number of fused-ring (bicyclic) bond motifs is 1. The number of nitrogens with zero attached hydrogens (tertiary/aromatic N) is 1. The van der Waals surface area contributed by atoms with Crippen molar-refractivity contribution in [2.75, 3.05) is 0 Å². The summed E-state index contributed by atoms with van der Waals surface area (Å²) in [6, 6.07) is 14.9. The molecule has 0 fully saturated rings. The molecule has 84 valence electrons. The van der Waals surface area contributed by atoms with E-state index in [2.05, 4.69) is 0 Å². The van der Waals surface area contributed by atoms with Crippen LogP contribution in [0.15, 0.2) is 52.9 Å². The first-order valence-electron chi connectivity index (χ1n) is 5.44. The maximum absolute atomic E-state index is 12.0. The minimum absolute atomic E-state index is 0.339. The van der Waals surface area contributed by atoms with Gasteiger partial charge in [0.1, 0.15) is 0 Å².